The lowest BCUT2D eigenvalue weighted by Crippen LogP contribution is -2.27. The summed E-state index contributed by atoms with van der Waals surface area (Å²) in [6, 6.07) is 8.58. The van der Waals surface area contributed by atoms with Crippen LogP contribution in [0.1, 0.15) is 10.4 Å². The Bertz CT molecular complexity index is 1060. The van der Waals surface area contributed by atoms with Gasteiger partial charge in [0.05, 0.1) is 17.0 Å². The Balaban J connectivity index is 2.44. The molecule has 0 amide bonds. The molecule has 3 aromatic rings. The van der Waals surface area contributed by atoms with E-state index in [2.05, 4.69) is 0 Å². The second kappa shape index (κ2) is 5.58. The van der Waals surface area contributed by atoms with Crippen molar-refractivity contribution in [3.63, 3.8) is 0 Å². The first-order valence-electron chi connectivity index (χ1n) is 6.70. The Morgan fingerprint density at radius 2 is 1.79 bits per heavy atom. The summed E-state index contributed by atoms with van der Waals surface area (Å²) in [7, 11) is 0. The SMILES string of the molecule is O=C([O-])c1cn(-c2ccc(F)cc2[N+](=O)[O-])c(=O)c2ccccc12. The molecule has 0 atom stereocenters. The molecule has 1 aromatic heterocycles. The van der Waals surface area contributed by atoms with Crippen molar-refractivity contribution in [1.29, 1.82) is 0 Å². The molecule has 0 unspecified atom stereocenters. The van der Waals surface area contributed by atoms with Gasteiger partial charge in [0.15, 0.2) is 0 Å². The molecular weight excluding hydrogens is 319 g/mol. The lowest BCUT2D eigenvalue weighted by atomic mass is 10.1. The van der Waals surface area contributed by atoms with E-state index >= 15 is 0 Å². The first-order valence-corrected chi connectivity index (χ1v) is 6.70. The number of fused-ring (bicyclic) bond motifs is 1. The number of carboxylic acid groups (broad SMARTS) is 1. The summed E-state index contributed by atoms with van der Waals surface area (Å²) in [6.07, 6.45) is 0.945. The number of halogens is 1. The van der Waals surface area contributed by atoms with Crippen molar-refractivity contribution in [2.75, 3.05) is 0 Å². The smallest absolute Gasteiger partial charge is 0.296 e. The van der Waals surface area contributed by atoms with Gasteiger partial charge in [0.1, 0.15) is 11.5 Å². The molecule has 0 aliphatic heterocycles. The van der Waals surface area contributed by atoms with Crippen molar-refractivity contribution in [2.24, 2.45) is 0 Å². The summed E-state index contributed by atoms with van der Waals surface area (Å²) in [4.78, 5) is 34.2. The number of nitrogens with zero attached hydrogens (tertiary/aromatic N) is 2. The van der Waals surface area contributed by atoms with Gasteiger partial charge in [0, 0.05) is 17.1 Å². The number of aromatic carboxylic acids is 1. The molecule has 0 fully saturated rings. The number of hydrogen-bond donors (Lipinski definition) is 0. The van der Waals surface area contributed by atoms with E-state index < -0.39 is 28.0 Å². The zero-order valence-corrected chi connectivity index (χ0v) is 11.9. The highest BCUT2D eigenvalue weighted by Crippen LogP contribution is 2.24. The molecule has 2 aromatic carbocycles. The average Bonchev–Trinajstić information content (AvgIpc) is 2.55. The van der Waals surface area contributed by atoms with Gasteiger partial charge in [-0.25, -0.2) is 4.39 Å². The second-order valence-corrected chi connectivity index (χ2v) is 4.94. The monoisotopic (exact) mass is 327 g/mol. The first kappa shape index (κ1) is 15.3. The molecule has 0 spiro atoms. The summed E-state index contributed by atoms with van der Waals surface area (Å²) >= 11 is 0. The number of hydrogen-bond acceptors (Lipinski definition) is 5. The third kappa shape index (κ3) is 2.39. The Labute approximate surface area is 133 Å². The predicted molar refractivity (Wildman–Crippen MR) is 80.5 cm³/mol. The maximum Gasteiger partial charge on any atom is 0.296 e. The molecule has 3 rings (SSSR count). The van der Waals surface area contributed by atoms with Crippen molar-refractivity contribution in [3.05, 3.63) is 80.5 Å². The van der Waals surface area contributed by atoms with E-state index in [0.29, 0.717) is 6.07 Å². The fourth-order valence-corrected chi connectivity index (χ4v) is 2.48. The number of carboxylic acids is 1. The molecular formula is C16H8FN2O5-. The molecule has 120 valence electrons. The highest BCUT2D eigenvalue weighted by atomic mass is 19.1. The van der Waals surface area contributed by atoms with Gasteiger partial charge in [-0.1, -0.05) is 18.2 Å². The van der Waals surface area contributed by atoms with Gasteiger partial charge in [-0.2, -0.15) is 0 Å². The standard InChI is InChI=1S/C16H9FN2O5/c17-9-5-6-13(14(7-9)19(23)24)18-8-12(16(21)22)10-3-1-2-4-11(10)15(18)20/h1-8H,(H,21,22)/p-1. The molecule has 0 aliphatic carbocycles. The number of carbonyl (C=O) groups is 1. The molecule has 0 saturated heterocycles. The van der Waals surface area contributed by atoms with E-state index in [9.17, 15) is 29.2 Å². The van der Waals surface area contributed by atoms with Crippen molar-refractivity contribution in [1.82, 2.24) is 4.57 Å². The third-order valence-corrected chi connectivity index (χ3v) is 3.54. The van der Waals surface area contributed by atoms with Crippen LogP contribution >= 0.6 is 0 Å². The van der Waals surface area contributed by atoms with E-state index in [4.69, 9.17) is 0 Å². The van der Waals surface area contributed by atoms with Gasteiger partial charge < -0.3 is 9.90 Å². The minimum Gasteiger partial charge on any atom is -0.545 e. The predicted octanol–water partition coefficient (Wildman–Crippen LogP) is 1.40. The summed E-state index contributed by atoms with van der Waals surface area (Å²) in [6.45, 7) is 0. The Kier molecular flexibility index (Phi) is 3.57. The normalized spacial score (nSPS) is 10.7. The lowest BCUT2D eigenvalue weighted by molar-refractivity contribution is -0.384. The van der Waals surface area contributed by atoms with Crippen LogP contribution in [0.25, 0.3) is 16.5 Å². The number of rotatable bonds is 3. The zero-order chi connectivity index (χ0) is 17.4. The van der Waals surface area contributed by atoms with Gasteiger partial charge in [0.25, 0.3) is 11.2 Å². The highest BCUT2D eigenvalue weighted by Gasteiger charge is 2.19. The Morgan fingerprint density at radius 1 is 1.12 bits per heavy atom. The van der Waals surface area contributed by atoms with E-state index in [1.807, 2.05) is 0 Å². The van der Waals surface area contributed by atoms with E-state index in [1.54, 1.807) is 6.07 Å². The van der Waals surface area contributed by atoms with Gasteiger partial charge in [-0.3, -0.25) is 19.5 Å². The van der Waals surface area contributed by atoms with Crippen LogP contribution in [0.2, 0.25) is 0 Å². The van der Waals surface area contributed by atoms with E-state index in [1.165, 1.54) is 18.2 Å². The van der Waals surface area contributed by atoms with Gasteiger partial charge >= 0.3 is 0 Å². The number of nitro groups is 1. The van der Waals surface area contributed by atoms with E-state index in [-0.39, 0.29) is 22.0 Å². The summed E-state index contributed by atoms with van der Waals surface area (Å²) in [5, 5.41) is 22.7. The van der Waals surface area contributed by atoms with Crippen molar-refractivity contribution in [2.45, 2.75) is 0 Å². The molecule has 0 bridgehead atoms. The second-order valence-electron chi connectivity index (χ2n) is 4.94. The summed E-state index contributed by atoms with van der Waals surface area (Å²) < 4.78 is 14.1. The maximum atomic E-state index is 13.3. The summed E-state index contributed by atoms with van der Waals surface area (Å²) in [5.41, 5.74) is -1.86. The largest absolute Gasteiger partial charge is 0.545 e. The number of pyridine rings is 1. The van der Waals surface area contributed by atoms with Crippen molar-refractivity contribution in [3.8, 4) is 5.69 Å². The van der Waals surface area contributed by atoms with Crippen LogP contribution < -0.4 is 10.7 Å². The van der Waals surface area contributed by atoms with Crippen LogP contribution in [0, 0.1) is 15.9 Å². The topological polar surface area (TPSA) is 105 Å². The average molecular weight is 327 g/mol. The third-order valence-electron chi connectivity index (χ3n) is 3.54. The lowest BCUT2D eigenvalue weighted by Gasteiger charge is -2.13. The van der Waals surface area contributed by atoms with Gasteiger partial charge in [-0.15, -0.1) is 0 Å². The number of carbonyl (C=O) groups excluding carboxylic acids is 1. The quantitative estimate of drug-likeness (QED) is 0.534. The van der Waals surface area contributed by atoms with Gasteiger partial charge in [0.2, 0.25) is 0 Å². The first-order chi connectivity index (χ1) is 11.4. The fraction of sp³-hybridized carbons (Fsp3) is 0. The molecule has 0 N–H and O–H groups in total. The Morgan fingerprint density at radius 3 is 2.42 bits per heavy atom. The van der Waals surface area contributed by atoms with Crippen molar-refractivity contribution >= 4 is 22.4 Å². The fourth-order valence-electron chi connectivity index (χ4n) is 2.48. The maximum absolute atomic E-state index is 13.3. The molecule has 1 heterocycles. The molecule has 24 heavy (non-hydrogen) atoms. The van der Waals surface area contributed by atoms with Crippen LogP contribution in [-0.4, -0.2) is 15.5 Å². The molecule has 0 radical (unpaired) electrons. The van der Waals surface area contributed by atoms with E-state index in [0.717, 1.165) is 22.9 Å². The van der Waals surface area contributed by atoms with Crippen LogP contribution in [0.15, 0.2) is 53.5 Å². The molecule has 7 nitrogen and oxygen atoms in total. The number of benzene rings is 2. The van der Waals surface area contributed by atoms with Crippen LogP contribution in [0.3, 0.4) is 0 Å². The number of nitro benzene ring substituents is 1. The molecule has 0 aliphatic rings. The highest BCUT2D eigenvalue weighted by molar-refractivity contribution is 6.02. The molecule has 8 heteroatoms. The zero-order valence-electron chi connectivity index (χ0n) is 11.9. The van der Waals surface area contributed by atoms with Gasteiger partial charge in [-0.05, 0) is 23.6 Å². The summed E-state index contributed by atoms with van der Waals surface area (Å²) in [5.74, 6) is -2.39. The van der Waals surface area contributed by atoms with Crippen LogP contribution in [0.4, 0.5) is 10.1 Å². The number of aromatic nitrogens is 1. The minimum absolute atomic E-state index is 0.0535. The Hall–Kier alpha value is -3.55. The van der Waals surface area contributed by atoms with Crippen LogP contribution in [-0.2, 0) is 0 Å². The van der Waals surface area contributed by atoms with Crippen LogP contribution in [0.5, 0.6) is 0 Å². The molecule has 0 saturated carbocycles. The minimum atomic E-state index is -1.54. The van der Waals surface area contributed by atoms with Crippen molar-refractivity contribution < 1.29 is 19.2 Å².